The third-order valence-electron chi connectivity index (χ3n) is 5.90. The summed E-state index contributed by atoms with van der Waals surface area (Å²) in [7, 11) is -4.02. The number of halogens is 1. The first-order valence-corrected chi connectivity index (χ1v) is 11.7. The monoisotopic (exact) mass is 455 g/mol. The van der Waals surface area contributed by atoms with Crippen molar-refractivity contribution >= 4 is 38.1 Å². The maximum Gasteiger partial charge on any atom is 0.265 e. The third kappa shape index (κ3) is 3.21. The zero-order chi connectivity index (χ0) is 21.8. The molecule has 2 aliphatic heterocycles. The van der Waals surface area contributed by atoms with Crippen LogP contribution in [0.5, 0.6) is 0 Å². The minimum atomic E-state index is -4.02. The van der Waals surface area contributed by atoms with Crippen LogP contribution < -0.4 is 9.86 Å². The Bertz CT molecular complexity index is 1420. The van der Waals surface area contributed by atoms with E-state index in [0.29, 0.717) is 36.8 Å². The number of hydrogen-bond donors (Lipinski definition) is 1. The van der Waals surface area contributed by atoms with Gasteiger partial charge < -0.3 is 9.72 Å². The van der Waals surface area contributed by atoms with Crippen LogP contribution in [-0.2, 0) is 27.6 Å². The second kappa shape index (κ2) is 7.38. The van der Waals surface area contributed by atoms with E-state index in [0.717, 1.165) is 17.5 Å². The third-order valence-corrected chi connectivity index (χ3v) is 8.06. The molecule has 31 heavy (non-hydrogen) atoms. The Labute approximate surface area is 183 Å². The number of fused-ring (bicyclic) bond motifs is 2. The van der Waals surface area contributed by atoms with Crippen molar-refractivity contribution in [3.63, 3.8) is 0 Å². The number of anilines is 1. The second-order valence-electron chi connectivity index (χ2n) is 7.82. The molecule has 1 N–H and O–H groups in total. The Balaban J connectivity index is 1.66. The zero-order valence-electron chi connectivity index (χ0n) is 16.4. The highest BCUT2D eigenvalue weighted by molar-refractivity contribution is 7.93. The Morgan fingerprint density at radius 2 is 2.10 bits per heavy atom. The molecule has 0 bridgehead atoms. The van der Waals surface area contributed by atoms with Crippen LogP contribution in [0.25, 0.3) is 10.8 Å². The molecule has 0 spiro atoms. The van der Waals surface area contributed by atoms with Crippen LogP contribution in [0, 0.1) is 17.2 Å². The van der Waals surface area contributed by atoms with Gasteiger partial charge in [0.15, 0.2) is 0 Å². The number of rotatable bonds is 4. The lowest BCUT2D eigenvalue weighted by atomic mass is 9.92. The maximum absolute atomic E-state index is 13.7. The molecule has 0 aliphatic carbocycles. The van der Waals surface area contributed by atoms with Gasteiger partial charge in [0.1, 0.15) is 0 Å². The van der Waals surface area contributed by atoms with Gasteiger partial charge in [-0.05, 0) is 48.2 Å². The lowest BCUT2D eigenvalue weighted by molar-refractivity contribution is -0.0313. The first kappa shape index (κ1) is 20.1. The summed E-state index contributed by atoms with van der Waals surface area (Å²) in [5.74, 6) is 0.382. The molecule has 0 atom stereocenters. The molecular formula is C22H18ClN3O4S. The van der Waals surface area contributed by atoms with Crippen molar-refractivity contribution in [2.45, 2.75) is 17.7 Å². The number of aromatic amines is 1. The van der Waals surface area contributed by atoms with Gasteiger partial charge in [-0.3, -0.25) is 9.10 Å². The Morgan fingerprint density at radius 1 is 1.29 bits per heavy atom. The van der Waals surface area contributed by atoms with Gasteiger partial charge in [0.2, 0.25) is 0 Å². The Hall–Kier alpha value is -2.86. The Morgan fingerprint density at radius 3 is 2.81 bits per heavy atom. The lowest BCUT2D eigenvalue weighted by Gasteiger charge is -2.27. The van der Waals surface area contributed by atoms with E-state index in [4.69, 9.17) is 16.3 Å². The summed E-state index contributed by atoms with van der Waals surface area (Å²) in [6.07, 6.45) is 2.61. The van der Waals surface area contributed by atoms with Crippen molar-refractivity contribution < 1.29 is 13.2 Å². The van der Waals surface area contributed by atoms with Crippen molar-refractivity contribution in [1.82, 2.24) is 4.98 Å². The predicted octanol–water partition coefficient (Wildman–Crippen LogP) is 2.99. The molecule has 3 aromatic rings. The fourth-order valence-corrected chi connectivity index (χ4v) is 6.38. The molecular weight excluding hydrogens is 438 g/mol. The lowest BCUT2D eigenvalue weighted by Crippen LogP contribution is -2.30. The van der Waals surface area contributed by atoms with Gasteiger partial charge in [-0.25, -0.2) is 8.42 Å². The normalized spacial score (nSPS) is 16.2. The molecule has 1 saturated heterocycles. The van der Waals surface area contributed by atoms with Gasteiger partial charge in [0.05, 0.1) is 40.5 Å². The van der Waals surface area contributed by atoms with Gasteiger partial charge in [-0.15, -0.1) is 0 Å². The SMILES string of the molecule is N#Cc1cc(CC2COC2)c2c(c1)N(S(=O)(=O)c1cccc3c(=O)[nH]cc(Cl)c13)CC2. The summed E-state index contributed by atoms with van der Waals surface area (Å²) in [6.45, 7) is 1.62. The molecule has 158 valence electrons. The average Bonchev–Trinajstić information content (AvgIpc) is 3.17. The quantitative estimate of drug-likeness (QED) is 0.651. The van der Waals surface area contributed by atoms with E-state index in [1.165, 1.54) is 22.6 Å². The second-order valence-corrected chi connectivity index (χ2v) is 10.1. The minimum Gasteiger partial charge on any atom is -0.381 e. The fourth-order valence-electron chi connectivity index (χ4n) is 4.35. The summed E-state index contributed by atoms with van der Waals surface area (Å²) < 4.78 is 34.1. The highest BCUT2D eigenvalue weighted by atomic mass is 35.5. The number of aromatic nitrogens is 1. The van der Waals surface area contributed by atoms with Crippen LogP contribution >= 0.6 is 11.6 Å². The zero-order valence-corrected chi connectivity index (χ0v) is 18.0. The molecule has 1 fully saturated rings. The van der Waals surface area contributed by atoms with E-state index < -0.39 is 15.6 Å². The first-order chi connectivity index (χ1) is 14.9. The van der Waals surface area contributed by atoms with Gasteiger partial charge in [-0.2, -0.15) is 5.26 Å². The molecule has 2 aliphatic rings. The Kier molecular flexibility index (Phi) is 4.77. The number of sulfonamides is 1. The van der Waals surface area contributed by atoms with E-state index in [1.807, 2.05) is 6.07 Å². The summed E-state index contributed by atoms with van der Waals surface area (Å²) in [5, 5.41) is 10.1. The highest BCUT2D eigenvalue weighted by Gasteiger charge is 2.35. The van der Waals surface area contributed by atoms with E-state index in [1.54, 1.807) is 12.1 Å². The molecule has 0 radical (unpaired) electrons. The van der Waals surface area contributed by atoms with Crippen LogP contribution in [-0.4, -0.2) is 33.2 Å². The van der Waals surface area contributed by atoms with Gasteiger partial charge in [0, 0.05) is 29.4 Å². The van der Waals surface area contributed by atoms with Crippen molar-refractivity contribution in [2.75, 3.05) is 24.1 Å². The number of benzene rings is 2. The van der Waals surface area contributed by atoms with Crippen LogP contribution in [0.4, 0.5) is 5.69 Å². The summed E-state index contributed by atoms with van der Waals surface area (Å²) in [4.78, 5) is 14.7. The molecule has 0 unspecified atom stereocenters. The van der Waals surface area contributed by atoms with Crippen LogP contribution in [0.1, 0.15) is 16.7 Å². The smallest absolute Gasteiger partial charge is 0.265 e. The molecule has 3 heterocycles. The summed E-state index contributed by atoms with van der Waals surface area (Å²) in [5.41, 5.74) is 2.47. The number of nitriles is 1. The van der Waals surface area contributed by atoms with Crippen molar-refractivity contribution in [3.05, 3.63) is 68.6 Å². The predicted molar refractivity (Wildman–Crippen MR) is 117 cm³/mol. The van der Waals surface area contributed by atoms with E-state index in [9.17, 15) is 18.5 Å². The van der Waals surface area contributed by atoms with Crippen molar-refractivity contribution in [2.24, 2.45) is 5.92 Å². The van der Waals surface area contributed by atoms with E-state index in [-0.39, 0.29) is 27.2 Å². The topological polar surface area (TPSA) is 103 Å². The van der Waals surface area contributed by atoms with Gasteiger partial charge in [0.25, 0.3) is 15.6 Å². The molecule has 2 aromatic carbocycles. The molecule has 0 amide bonds. The summed E-state index contributed by atoms with van der Waals surface area (Å²) in [6, 6.07) is 10.2. The number of pyridine rings is 1. The number of hydrogen-bond acceptors (Lipinski definition) is 5. The first-order valence-electron chi connectivity index (χ1n) is 9.86. The molecule has 5 rings (SSSR count). The molecule has 1 aromatic heterocycles. The minimum absolute atomic E-state index is 0.0229. The highest BCUT2D eigenvalue weighted by Crippen LogP contribution is 2.39. The van der Waals surface area contributed by atoms with Gasteiger partial charge >= 0.3 is 0 Å². The number of ether oxygens (including phenoxy) is 1. The number of H-pyrrole nitrogens is 1. The maximum atomic E-state index is 13.7. The number of nitrogens with one attached hydrogen (secondary N) is 1. The van der Waals surface area contributed by atoms with Crippen LogP contribution in [0.15, 0.2) is 46.2 Å². The largest absolute Gasteiger partial charge is 0.381 e. The molecule has 7 nitrogen and oxygen atoms in total. The van der Waals surface area contributed by atoms with Crippen molar-refractivity contribution in [1.29, 1.82) is 5.26 Å². The fraction of sp³-hybridized carbons (Fsp3) is 0.273. The van der Waals surface area contributed by atoms with Crippen LogP contribution in [0.3, 0.4) is 0 Å². The average molecular weight is 456 g/mol. The van der Waals surface area contributed by atoms with E-state index in [2.05, 4.69) is 11.1 Å². The van der Waals surface area contributed by atoms with Crippen molar-refractivity contribution in [3.8, 4) is 6.07 Å². The van der Waals surface area contributed by atoms with Gasteiger partial charge in [-0.1, -0.05) is 17.7 Å². The molecule has 9 heteroatoms. The summed E-state index contributed by atoms with van der Waals surface area (Å²) >= 11 is 6.29. The molecule has 0 saturated carbocycles. The van der Waals surface area contributed by atoms with E-state index >= 15 is 0 Å². The van der Waals surface area contributed by atoms with Crippen LogP contribution in [0.2, 0.25) is 5.02 Å². The standard InChI is InChI=1S/C22H18ClN3O4S/c23-18-10-25-22(27)17-2-1-3-20(21(17)18)31(28,29)26-5-4-16-15(7-14-11-30-12-14)6-13(9-24)8-19(16)26/h1-3,6,8,10,14H,4-5,7,11-12H2,(H,25,27). The number of nitrogens with zero attached hydrogens (tertiary/aromatic N) is 2.